The Morgan fingerprint density at radius 3 is 2.62 bits per heavy atom. The highest BCUT2D eigenvalue weighted by atomic mass is 79.9. The van der Waals surface area contributed by atoms with Crippen LogP contribution in [0.4, 0.5) is 0 Å². The third-order valence-electron chi connectivity index (χ3n) is 4.65. The molecule has 0 aliphatic carbocycles. The number of methoxy groups -OCH3 is 1. The maximum absolute atomic E-state index is 13.1. The Kier molecular flexibility index (Phi) is 5.31. The van der Waals surface area contributed by atoms with Gasteiger partial charge in [0.25, 0.3) is 5.56 Å². The molecule has 0 aliphatic rings. The monoisotopic (exact) mass is 451 g/mol. The molecule has 0 N–H and O–H groups in total. The van der Waals surface area contributed by atoms with Crippen LogP contribution in [-0.4, -0.2) is 21.6 Å². The molecule has 2 aromatic carbocycles. The summed E-state index contributed by atoms with van der Waals surface area (Å²) >= 11 is 3.43. The molecule has 0 fully saturated rings. The van der Waals surface area contributed by atoms with Gasteiger partial charge < -0.3 is 9.47 Å². The number of fused-ring (bicyclic) bond motifs is 1. The van der Waals surface area contributed by atoms with Crippen molar-refractivity contribution in [3.05, 3.63) is 87.0 Å². The fourth-order valence-electron chi connectivity index (χ4n) is 3.00. The van der Waals surface area contributed by atoms with Crippen LogP contribution in [0.15, 0.2) is 70.3 Å². The first-order chi connectivity index (χ1) is 14.1. The van der Waals surface area contributed by atoms with Crippen LogP contribution < -0.4 is 15.0 Å². The summed E-state index contributed by atoms with van der Waals surface area (Å²) in [5.74, 6) is 1.46. The summed E-state index contributed by atoms with van der Waals surface area (Å²) in [5.41, 5.74) is 2.77. The van der Waals surface area contributed by atoms with Crippen molar-refractivity contribution >= 4 is 27.0 Å². The largest absolute Gasteiger partial charge is 0.497 e. The molecular formula is C22H18BrN3O3. The normalized spacial score (nSPS) is 10.9. The van der Waals surface area contributed by atoms with Crippen LogP contribution in [0.2, 0.25) is 0 Å². The van der Waals surface area contributed by atoms with Gasteiger partial charge in [0.05, 0.1) is 18.2 Å². The fraction of sp³-hybridized carbons (Fsp3) is 0.136. The molecule has 146 valence electrons. The minimum atomic E-state index is -0.173. The SMILES string of the molecule is COc1ccc(COc2cccc(-n3cnc4ncc(Br)c(C)c4c3=O)c2)cc1. The Bertz CT molecular complexity index is 1240. The van der Waals surface area contributed by atoms with E-state index < -0.39 is 0 Å². The summed E-state index contributed by atoms with van der Waals surface area (Å²) in [7, 11) is 1.64. The minimum absolute atomic E-state index is 0.173. The number of pyridine rings is 1. The highest BCUT2D eigenvalue weighted by molar-refractivity contribution is 9.10. The number of hydrogen-bond donors (Lipinski definition) is 0. The van der Waals surface area contributed by atoms with Crippen LogP contribution in [-0.2, 0) is 6.61 Å². The van der Waals surface area contributed by atoms with Crippen molar-refractivity contribution in [2.45, 2.75) is 13.5 Å². The maximum atomic E-state index is 13.1. The molecule has 0 radical (unpaired) electrons. The Balaban J connectivity index is 1.64. The lowest BCUT2D eigenvalue weighted by molar-refractivity contribution is 0.306. The summed E-state index contributed by atoms with van der Waals surface area (Å²) < 4.78 is 13.3. The van der Waals surface area contributed by atoms with E-state index in [1.54, 1.807) is 13.3 Å². The number of benzene rings is 2. The molecule has 4 aromatic rings. The van der Waals surface area contributed by atoms with Crippen molar-refractivity contribution in [2.75, 3.05) is 7.11 Å². The number of ether oxygens (including phenoxy) is 2. The summed E-state index contributed by atoms with van der Waals surface area (Å²) in [6, 6.07) is 15.1. The Morgan fingerprint density at radius 2 is 1.86 bits per heavy atom. The fourth-order valence-corrected chi connectivity index (χ4v) is 3.30. The van der Waals surface area contributed by atoms with Crippen molar-refractivity contribution in [3.8, 4) is 17.2 Å². The Morgan fingerprint density at radius 1 is 1.07 bits per heavy atom. The van der Waals surface area contributed by atoms with Crippen molar-refractivity contribution in [2.24, 2.45) is 0 Å². The predicted octanol–water partition coefficient (Wildman–Crippen LogP) is 4.44. The van der Waals surface area contributed by atoms with Gasteiger partial charge in [-0.3, -0.25) is 9.36 Å². The molecule has 4 rings (SSSR count). The number of aryl methyl sites for hydroxylation is 1. The van der Waals surface area contributed by atoms with Gasteiger partial charge >= 0.3 is 0 Å². The number of nitrogens with zero attached hydrogens (tertiary/aromatic N) is 3. The lowest BCUT2D eigenvalue weighted by Crippen LogP contribution is -2.20. The molecule has 0 bridgehead atoms. The van der Waals surface area contributed by atoms with Gasteiger partial charge in [0, 0.05) is 16.7 Å². The van der Waals surface area contributed by atoms with Crippen molar-refractivity contribution < 1.29 is 9.47 Å². The van der Waals surface area contributed by atoms with Crippen LogP contribution in [0.25, 0.3) is 16.7 Å². The Hall–Kier alpha value is -3.19. The second-order valence-electron chi connectivity index (χ2n) is 6.48. The molecule has 2 heterocycles. The average Bonchev–Trinajstić information content (AvgIpc) is 2.75. The third-order valence-corrected chi connectivity index (χ3v) is 5.45. The quantitative estimate of drug-likeness (QED) is 0.448. The maximum Gasteiger partial charge on any atom is 0.267 e. The number of halogens is 1. The predicted molar refractivity (Wildman–Crippen MR) is 115 cm³/mol. The van der Waals surface area contributed by atoms with Gasteiger partial charge in [-0.2, -0.15) is 0 Å². The van der Waals surface area contributed by atoms with Gasteiger partial charge in [0.15, 0.2) is 5.65 Å². The highest BCUT2D eigenvalue weighted by Crippen LogP contribution is 2.22. The molecule has 6 nitrogen and oxygen atoms in total. The van der Waals surface area contributed by atoms with E-state index >= 15 is 0 Å². The molecule has 7 heteroatoms. The summed E-state index contributed by atoms with van der Waals surface area (Å²) in [6.07, 6.45) is 3.15. The third kappa shape index (κ3) is 3.86. The smallest absolute Gasteiger partial charge is 0.267 e. The van der Waals surface area contributed by atoms with Gasteiger partial charge in [-0.15, -0.1) is 0 Å². The van der Waals surface area contributed by atoms with Crippen molar-refractivity contribution in [3.63, 3.8) is 0 Å². The van der Waals surface area contributed by atoms with E-state index in [1.165, 1.54) is 10.9 Å². The summed E-state index contributed by atoms with van der Waals surface area (Å²) in [5, 5.41) is 0.492. The van der Waals surface area contributed by atoms with Crippen molar-refractivity contribution in [1.82, 2.24) is 14.5 Å². The van der Waals surface area contributed by atoms with Crippen molar-refractivity contribution in [1.29, 1.82) is 0 Å². The number of aromatic nitrogens is 3. The molecule has 29 heavy (non-hydrogen) atoms. The van der Waals surface area contributed by atoms with Crippen LogP contribution in [0, 0.1) is 6.92 Å². The first-order valence-electron chi connectivity index (χ1n) is 8.95. The van der Waals surface area contributed by atoms with Gasteiger partial charge in [0.2, 0.25) is 0 Å². The van der Waals surface area contributed by atoms with Gasteiger partial charge in [0.1, 0.15) is 24.4 Å². The van der Waals surface area contributed by atoms with E-state index in [9.17, 15) is 4.79 Å². The standard InChI is InChI=1S/C22H18BrN3O3/c1-14-19(23)11-24-21-20(14)22(27)26(13-25-21)16-4-3-5-18(10-16)29-12-15-6-8-17(28-2)9-7-15/h3-11,13H,12H2,1-2H3. The van der Waals surface area contributed by atoms with E-state index in [4.69, 9.17) is 9.47 Å². The number of rotatable bonds is 5. The molecule has 0 amide bonds. The molecule has 0 saturated heterocycles. The molecule has 2 aromatic heterocycles. The van der Waals surface area contributed by atoms with E-state index in [0.29, 0.717) is 29.1 Å². The van der Waals surface area contributed by atoms with Crippen LogP contribution in [0.1, 0.15) is 11.1 Å². The first kappa shape index (κ1) is 19.1. The molecule has 0 aliphatic heterocycles. The Labute approximate surface area is 175 Å². The van der Waals surface area contributed by atoms with Crippen LogP contribution in [0.3, 0.4) is 0 Å². The van der Waals surface area contributed by atoms with Crippen LogP contribution >= 0.6 is 15.9 Å². The first-order valence-corrected chi connectivity index (χ1v) is 9.75. The molecule has 0 atom stereocenters. The molecule has 0 unspecified atom stereocenters. The second kappa shape index (κ2) is 8.05. The molecule has 0 spiro atoms. The van der Waals surface area contributed by atoms with E-state index in [0.717, 1.165) is 21.3 Å². The average molecular weight is 452 g/mol. The molecule has 0 saturated carbocycles. The van der Waals surface area contributed by atoms with Gasteiger partial charge in [-0.05, 0) is 58.2 Å². The highest BCUT2D eigenvalue weighted by Gasteiger charge is 2.12. The zero-order chi connectivity index (χ0) is 20.4. The van der Waals surface area contributed by atoms with E-state index in [1.807, 2.05) is 55.5 Å². The summed E-state index contributed by atoms with van der Waals surface area (Å²) in [4.78, 5) is 21.6. The zero-order valence-electron chi connectivity index (χ0n) is 15.9. The van der Waals surface area contributed by atoms with Crippen LogP contribution in [0.5, 0.6) is 11.5 Å². The van der Waals surface area contributed by atoms with Gasteiger partial charge in [-0.25, -0.2) is 9.97 Å². The van der Waals surface area contributed by atoms with E-state index in [2.05, 4.69) is 25.9 Å². The lowest BCUT2D eigenvalue weighted by atomic mass is 10.2. The topological polar surface area (TPSA) is 66.2 Å². The lowest BCUT2D eigenvalue weighted by Gasteiger charge is -2.11. The minimum Gasteiger partial charge on any atom is -0.497 e. The van der Waals surface area contributed by atoms with Gasteiger partial charge in [-0.1, -0.05) is 18.2 Å². The van der Waals surface area contributed by atoms with E-state index in [-0.39, 0.29) is 5.56 Å². The molecular weight excluding hydrogens is 434 g/mol. The zero-order valence-corrected chi connectivity index (χ0v) is 17.5. The number of hydrogen-bond acceptors (Lipinski definition) is 5. The second-order valence-corrected chi connectivity index (χ2v) is 7.34. The summed E-state index contributed by atoms with van der Waals surface area (Å²) in [6.45, 7) is 2.28.